The van der Waals surface area contributed by atoms with E-state index >= 15 is 0 Å². The van der Waals surface area contributed by atoms with Crippen molar-refractivity contribution >= 4 is 40.0 Å². The Morgan fingerprint density at radius 3 is 2.38 bits per heavy atom. The first-order valence-electron chi connectivity index (χ1n) is 8.97. The van der Waals surface area contributed by atoms with Gasteiger partial charge in [-0.25, -0.2) is 17.8 Å². The third-order valence-corrected chi connectivity index (χ3v) is 6.10. The van der Waals surface area contributed by atoms with Crippen molar-refractivity contribution in [2.75, 3.05) is 26.2 Å². The van der Waals surface area contributed by atoms with Gasteiger partial charge in [0.2, 0.25) is 0 Å². The Morgan fingerprint density at radius 1 is 1.21 bits per heavy atom. The van der Waals surface area contributed by atoms with E-state index in [1.165, 1.54) is 6.07 Å². The maximum atomic E-state index is 13.7. The van der Waals surface area contributed by atoms with E-state index in [-0.39, 0.29) is 55.3 Å². The zero-order chi connectivity index (χ0) is 20.8. The molecule has 12 heteroatoms. The minimum atomic E-state index is -5.27. The van der Waals surface area contributed by atoms with Crippen LogP contribution in [0.1, 0.15) is 25.3 Å². The summed E-state index contributed by atoms with van der Waals surface area (Å²) in [6.07, 6.45) is 0.629. The van der Waals surface area contributed by atoms with Gasteiger partial charge in [-0.15, -0.1) is 24.0 Å². The Balaban J connectivity index is 0.00000420. The number of piperidine rings is 1. The lowest BCUT2D eigenvalue weighted by atomic mass is 9.98. The Kier molecular flexibility index (Phi) is 10.1. The van der Waals surface area contributed by atoms with E-state index in [0.29, 0.717) is 41.8 Å². The highest BCUT2D eigenvalue weighted by Gasteiger charge is 2.50. The summed E-state index contributed by atoms with van der Waals surface area (Å²) in [4.78, 5) is 4.31. The smallest absolute Gasteiger partial charge is 0.357 e. The molecule has 1 fully saturated rings. The lowest BCUT2D eigenvalue weighted by Crippen LogP contribution is -2.47. The van der Waals surface area contributed by atoms with Crippen LogP contribution >= 0.6 is 24.0 Å². The molecular weight excluding hydrogens is 527 g/mol. The molecule has 0 saturated carbocycles. The van der Waals surface area contributed by atoms with Gasteiger partial charge >= 0.3 is 15.5 Å². The molecule has 1 aliphatic rings. The minimum Gasteiger partial charge on any atom is -0.357 e. The van der Waals surface area contributed by atoms with Crippen LogP contribution in [0, 0.1) is 11.7 Å². The monoisotopic (exact) mass is 552 g/mol. The molecular formula is C17H25F4IN4O2S. The number of alkyl halides is 3. The molecule has 0 amide bonds. The number of rotatable bonds is 6. The molecule has 1 aliphatic heterocycles. The molecule has 0 aliphatic carbocycles. The molecule has 29 heavy (non-hydrogen) atoms. The van der Waals surface area contributed by atoms with Crippen LogP contribution in [0.3, 0.4) is 0 Å². The van der Waals surface area contributed by atoms with Crippen molar-refractivity contribution < 1.29 is 26.0 Å². The molecule has 0 bridgehead atoms. The number of guanidine groups is 1. The average molecular weight is 552 g/mol. The van der Waals surface area contributed by atoms with Crippen LogP contribution in [0.4, 0.5) is 17.6 Å². The molecule has 166 valence electrons. The summed E-state index contributed by atoms with van der Waals surface area (Å²) < 4.78 is 74.9. The first-order valence-corrected chi connectivity index (χ1v) is 10.4. The van der Waals surface area contributed by atoms with Crippen molar-refractivity contribution in [1.82, 2.24) is 14.9 Å². The van der Waals surface area contributed by atoms with Crippen LogP contribution in [0.2, 0.25) is 0 Å². The first-order chi connectivity index (χ1) is 13.1. The van der Waals surface area contributed by atoms with E-state index in [0.717, 1.165) is 0 Å². The van der Waals surface area contributed by atoms with Gasteiger partial charge in [-0.2, -0.15) is 17.5 Å². The number of halogens is 5. The summed E-state index contributed by atoms with van der Waals surface area (Å²) in [5.74, 6) is 0.133. The predicted molar refractivity (Wildman–Crippen MR) is 114 cm³/mol. The molecule has 2 N–H and O–H groups in total. The van der Waals surface area contributed by atoms with Gasteiger partial charge in [0.05, 0.1) is 6.54 Å². The van der Waals surface area contributed by atoms with Crippen molar-refractivity contribution in [2.24, 2.45) is 10.9 Å². The Labute approximate surface area is 185 Å². The largest absolute Gasteiger partial charge is 0.511 e. The molecule has 0 spiro atoms. The topological polar surface area (TPSA) is 73.8 Å². The Bertz CT molecular complexity index is 782. The Morgan fingerprint density at radius 2 is 1.83 bits per heavy atom. The van der Waals surface area contributed by atoms with E-state index in [2.05, 4.69) is 15.6 Å². The van der Waals surface area contributed by atoms with Crippen LogP contribution in [0.5, 0.6) is 0 Å². The first kappa shape index (κ1) is 25.9. The zero-order valence-electron chi connectivity index (χ0n) is 15.9. The number of hydrogen-bond donors (Lipinski definition) is 2. The molecule has 1 aromatic carbocycles. The molecule has 1 heterocycles. The summed E-state index contributed by atoms with van der Waals surface area (Å²) in [6, 6.07) is 6.31. The second-order valence-electron chi connectivity index (χ2n) is 6.46. The predicted octanol–water partition coefficient (Wildman–Crippen LogP) is 3.06. The van der Waals surface area contributed by atoms with E-state index in [1.807, 2.05) is 6.92 Å². The van der Waals surface area contributed by atoms with Gasteiger partial charge in [0.25, 0.3) is 0 Å². The minimum absolute atomic E-state index is 0. The number of nitrogens with zero attached hydrogens (tertiary/aromatic N) is 2. The van der Waals surface area contributed by atoms with Gasteiger partial charge in [-0.3, -0.25) is 0 Å². The SMILES string of the molecule is CCNC(=NCc1ccccc1F)NCC1CCN(S(=O)(=O)C(F)(F)F)CC1.I. The van der Waals surface area contributed by atoms with E-state index in [4.69, 9.17) is 0 Å². The number of benzene rings is 1. The second kappa shape index (κ2) is 11.3. The molecule has 1 saturated heterocycles. The van der Waals surface area contributed by atoms with Crippen molar-refractivity contribution in [2.45, 2.75) is 31.8 Å². The van der Waals surface area contributed by atoms with Crippen LogP contribution < -0.4 is 10.6 Å². The van der Waals surface area contributed by atoms with Crippen molar-refractivity contribution in [3.8, 4) is 0 Å². The van der Waals surface area contributed by atoms with Gasteiger partial charge in [0.15, 0.2) is 5.96 Å². The summed E-state index contributed by atoms with van der Waals surface area (Å²) in [5.41, 5.74) is -4.82. The molecule has 1 aromatic rings. The fourth-order valence-electron chi connectivity index (χ4n) is 2.87. The fourth-order valence-corrected chi connectivity index (χ4v) is 3.86. The summed E-state index contributed by atoms with van der Waals surface area (Å²) in [5, 5.41) is 6.12. The molecule has 0 unspecified atom stereocenters. The molecule has 0 aromatic heterocycles. The summed E-state index contributed by atoms with van der Waals surface area (Å²) in [7, 11) is -5.26. The fraction of sp³-hybridized carbons (Fsp3) is 0.588. The van der Waals surface area contributed by atoms with Crippen LogP contribution in [-0.4, -0.2) is 50.4 Å². The normalized spacial score (nSPS) is 16.9. The number of aliphatic imine (C=N–C) groups is 1. The average Bonchev–Trinajstić information content (AvgIpc) is 2.64. The van der Waals surface area contributed by atoms with E-state index in [9.17, 15) is 26.0 Å². The van der Waals surface area contributed by atoms with Crippen LogP contribution in [0.25, 0.3) is 0 Å². The highest BCUT2D eigenvalue weighted by molar-refractivity contribution is 14.0. The third-order valence-electron chi connectivity index (χ3n) is 4.47. The van der Waals surface area contributed by atoms with Crippen molar-refractivity contribution in [3.63, 3.8) is 0 Å². The highest BCUT2D eigenvalue weighted by atomic mass is 127. The van der Waals surface area contributed by atoms with Crippen molar-refractivity contribution in [1.29, 1.82) is 0 Å². The van der Waals surface area contributed by atoms with Crippen molar-refractivity contribution in [3.05, 3.63) is 35.6 Å². The third kappa shape index (κ3) is 7.24. The van der Waals surface area contributed by atoms with Gasteiger partial charge in [0, 0.05) is 31.7 Å². The maximum Gasteiger partial charge on any atom is 0.511 e. The molecule has 0 atom stereocenters. The second-order valence-corrected chi connectivity index (χ2v) is 8.39. The summed E-state index contributed by atoms with van der Waals surface area (Å²) >= 11 is 0. The zero-order valence-corrected chi connectivity index (χ0v) is 19.0. The highest BCUT2D eigenvalue weighted by Crippen LogP contribution is 2.30. The van der Waals surface area contributed by atoms with Gasteiger partial charge in [-0.05, 0) is 31.7 Å². The van der Waals surface area contributed by atoms with E-state index in [1.54, 1.807) is 18.2 Å². The van der Waals surface area contributed by atoms with Gasteiger partial charge in [0.1, 0.15) is 5.82 Å². The Hall–Kier alpha value is -1.15. The number of nitrogens with one attached hydrogen (secondary N) is 2. The molecule has 0 radical (unpaired) electrons. The quantitative estimate of drug-likeness (QED) is 0.247. The van der Waals surface area contributed by atoms with Crippen LogP contribution in [0.15, 0.2) is 29.3 Å². The number of hydrogen-bond acceptors (Lipinski definition) is 3. The van der Waals surface area contributed by atoms with E-state index < -0.39 is 15.5 Å². The lowest BCUT2D eigenvalue weighted by molar-refractivity contribution is -0.0496. The molecule has 2 rings (SSSR count). The van der Waals surface area contributed by atoms with Gasteiger partial charge < -0.3 is 10.6 Å². The lowest BCUT2D eigenvalue weighted by Gasteiger charge is -2.31. The maximum absolute atomic E-state index is 13.7. The summed E-state index contributed by atoms with van der Waals surface area (Å²) in [6.45, 7) is 2.70. The standard InChI is InChI=1S/C17H24F4N4O2S.HI/c1-2-22-16(24-12-14-5-3-4-6-15(14)18)23-11-13-7-9-25(10-8-13)28(26,27)17(19,20)21;/h3-6,13H,2,7-12H2,1H3,(H2,22,23,24);1H. The van der Waals surface area contributed by atoms with Crippen LogP contribution in [-0.2, 0) is 16.6 Å². The molecule has 6 nitrogen and oxygen atoms in total. The van der Waals surface area contributed by atoms with Gasteiger partial charge in [-0.1, -0.05) is 18.2 Å². The number of sulfonamides is 1.